The van der Waals surface area contributed by atoms with Gasteiger partial charge >= 0.3 is 18.3 Å². The number of anilines is 1. The van der Waals surface area contributed by atoms with Crippen molar-refractivity contribution < 1.29 is 32.2 Å². The molecule has 13 heteroatoms. The number of carbonyl (C=O) groups excluding carboxylic acids is 2. The Bertz CT molecular complexity index is 1600. The number of ether oxygens (including phenoxy) is 2. The number of carbonyl (C=O) groups is 2. The fourth-order valence-electron chi connectivity index (χ4n) is 4.21. The summed E-state index contributed by atoms with van der Waals surface area (Å²) in [7, 11) is 0. The number of halogens is 3. The monoisotopic (exact) mass is 554 g/mol. The van der Waals surface area contributed by atoms with E-state index < -0.39 is 29.5 Å². The molecule has 3 aromatic heterocycles. The molecule has 0 spiro atoms. The number of nitrogens with zero attached hydrogens (tertiary/aromatic N) is 5. The first kappa shape index (κ1) is 26.9. The molecule has 0 bridgehead atoms. The third kappa shape index (κ3) is 5.82. The molecular weight excluding hydrogens is 529 g/mol. The second kappa shape index (κ2) is 10.1. The molecule has 2 amide bonds. The van der Waals surface area contributed by atoms with Gasteiger partial charge in [0.05, 0.1) is 35.2 Å². The quantitative estimate of drug-likeness (QED) is 0.330. The first-order valence-corrected chi connectivity index (χ1v) is 12.3. The van der Waals surface area contributed by atoms with Crippen LogP contribution in [0.4, 0.5) is 28.4 Å². The van der Waals surface area contributed by atoms with Gasteiger partial charge in [0.2, 0.25) is 5.88 Å². The number of hydrogen-bond acceptors (Lipinski definition) is 7. The van der Waals surface area contributed by atoms with Gasteiger partial charge in [-0.2, -0.15) is 13.2 Å². The van der Waals surface area contributed by atoms with E-state index in [0.29, 0.717) is 47.4 Å². The lowest BCUT2D eigenvalue weighted by molar-refractivity contribution is -0.137. The molecule has 1 aromatic carbocycles. The highest BCUT2D eigenvalue weighted by Crippen LogP contribution is 2.32. The molecule has 1 aliphatic heterocycles. The van der Waals surface area contributed by atoms with Gasteiger partial charge in [-0.1, -0.05) is 0 Å². The predicted octanol–water partition coefficient (Wildman–Crippen LogP) is 6.01. The highest BCUT2D eigenvalue weighted by atomic mass is 19.4. The van der Waals surface area contributed by atoms with Gasteiger partial charge in [-0.15, -0.1) is 0 Å². The van der Waals surface area contributed by atoms with Crippen molar-refractivity contribution in [1.29, 1.82) is 0 Å². The van der Waals surface area contributed by atoms with Crippen molar-refractivity contribution in [2.24, 2.45) is 0 Å². The van der Waals surface area contributed by atoms with Gasteiger partial charge in [0.15, 0.2) is 0 Å². The van der Waals surface area contributed by atoms with Crippen LogP contribution in [-0.2, 0) is 23.9 Å². The number of fused-ring (bicyclic) bond motifs is 2. The molecule has 5 rings (SSSR count). The fraction of sp³-hybridized carbons (Fsp3) is 0.296. The minimum atomic E-state index is -4.58. The summed E-state index contributed by atoms with van der Waals surface area (Å²) >= 11 is 0. The van der Waals surface area contributed by atoms with Crippen LogP contribution in [0.25, 0.3) is 10.9 Å². The first-order chi connectivity index (χ1) is 18.9. The van der Waals surface area contributed by atoms with Crippen LogP contribution in [-0.4, -0.2) is 48.7 Å². The van der Waals surface area contributed by atoms with E-state index in [4.69, 9.17) is 9.47 Å². The molecule has 208 valence electrons. The van der Waals surface area contributed by atoms with Gasteiger partial charge in [0.1, 0.15) is 17.7 Å². The van der Waals surface area contributed by atoms with E-state index in [2.05, 4.69) is 20.3 Å². The Kier molecular flexibility index (Phi) is 6.82. The zero-order valence-electron chi connectivity index (χ0n) is 21.8. The third-order valence-corrected chi connectivity index (χ3v) is 6.03. The van der Waals surface area contributed by atoms with E-state index >= 15 is 0 Å². The summed E-state index contributed by atoms with van der Waals surface area (Å²) in [5, 5.41) is 3.10. The second-order valence-electron chi connectivity index (χ2n) is 10.2. The van der Waals surface area contributed by atoms with Gasteiger partial charge in [-0.05, 0) is 57.5 Å². The maximum atomic E-state index is 13.0. The van der Waals surface area contributed by atoms with Gasteiger partial charge in [0, 0.05) is 29.9 Å². The van der Waals surface area contributed by atoms with Crippen molar-refractivity contribution >= 4 is 28.7 Å². The summed E-state index contributed by atoms with van der Waals surface area (Å²) in [6.07, 6.45) is 0.187. The van der Waals surface area contributed by atoms with E-state index in [1.54, 1.807) is 29.2 Å². The van der Waals surface area contributed by atoms with Crippen molar-refractivity contribution in [2.45, 2.75) is 45.5 Å². The van der Waals surface area contributed by atoms with Crippen molar-refractivity contribution in [3.05, 3.63) is 72.1 Å². The summed E-state index contributed by atoms with van der Waals surface area (Å²) in [6, 6.07) is 6.88. The van der Waals surface area contributed by atoms with Crippen molar-refractivity contribution in [2.75, 3.05) is 11.9 Å². The van der Waals surface area contributed by atoms with Crippen LogP contribution in [0.1, 0.15) is 37.6 Å². The maximum absolute atomic E-state index is 13.0. The molecule has 0 fully saturated rings. The van der Waals surface area contributed by atoms with Crippen LogP contribution in [0.2, 0.25) is 0 Å². The lowest BCUT2D eigenvalue weighted by Gasteiger charge is -2.30. The molecule has 1 aliphatic rings. The molecule has 10 nitrogen and oxygen atoms in total. The molecule has 0 saturated carbocycles. The maximum Gasteiger partial charge on any atom is 0.417 e. The molecule has 0 saturated heterocycles. The smallest absolute Gasteiger partial charge is 0.417 e. The van der Waals surface area contributed by atoms with Gasteiger partial charge in [0.25, 0.3) is 0 Å². The summed E-state index contributed by atoms with van der Waals surface area (Å²) in [4.78, 5) is 39.0. The first-order valence-electron chi connectivity index (χ1n) is 12.3. The average Bonchev–Trinajstić information content (AvgIpc) is 3.31. The normalized spacial score (nSPS) is 13.6. The molecule has 0 aliphatic carbocycles. The zero-order chi connectivity index (χ0) is 28.7. The Hall–Kier alpha value is -4.68. The van der Waals surface area contributed by atoms with E-state index in [1.807, 2.05) is 20.8 Å². The Morgan fingerprint density at radius 2 is 1.85 bits per heavy atom. The molecule has 4 heterocycles. The Morgan fingerprint density at radius 3 is 2.60 bits per heavy atom. The topological polar surface area (TPSA) is 111 Å². The highest BCUT2D eigenvalue weighted by Gasteiger charge is 2.31. The fourth-order valence-corrected chi connectivity index (χ4v) is 4.21. The van der Waals surface area contributed by atoms with Crippen LogP contribution in [0.5, 0.6) is 11.6 Å². The van der Waals surface area contributed by atoms with E-state index in [1.165, 1.54) is 17.1 Å². The van der Waals surface area contributed by atoms with E-state index in [-0.39, 0.29) is 12.2 Å². The summed E-state index contributed by atoms with van der Waals surface area (Å²) in [5.74, 6) is 0.825. The van der Waals surface area contributed by atoms with Gasteiger partial charge in [-0.25, -0.2) is 19.6 Å². The summed E-state index contributed by atoms with van der Waals surface area (Å²) < 4.78 is 51.7. The molecule has 0 radical (unpaired) electrons. The Labute approximate surface area is 226 Å². The summed E-state index contributed by atoms with van der Waals surface area (Å²) in [6.45, 7) is 6.11. The Morgan fingerprint density at radius 1 is 1.05 bits per heavy atom. The lowest BCUT2D eigenvalue weighted by Crippen LogP contribution is -2.40. The van der Waals surface area contributed by atoms with Crippen LogP contribution < -0.4 is 10.1 Å². The SMILES string of the molecule is CC(C)(C)OC(=O)N1CCc2c(ncnc2Oc2ccc3c(ccn3C(=O)Nc3cncc(C(F)(F)F)c3)c2)C1. The molecule has 0 atom stereocenters. The number of amides is 2. The van der Waals surface area contributed by atoms with Crippen LogP contribution >= 0.6 is 0 Å². The Balaban J connectivity index is 1.31. The van der Waals surface area contributed by atoms with Crippen molar-refractivity contribution in [3.63, 3.8) is 0 Å². The largest absolute Gasteiger partial charge is 0.444 e. The minimum Gasteiger partial charge on any atom is -0.444 e. The number of hydrogen-bond donors (Lipinski definition) is 1. The summed E-state index contributed by atoms with van der Waals surface area (Å²) in [5.41, 5.74) is 0.311. The molecular formula is C27H25F3N6O4. The molecule has 1 N–H and O–H groups in total. The zero-order valence-corrected chi connectivity index (χ0v) is 21.8. The number of rotatable bonds is 3. The van der Waals surface area contributed by atoms with Crippen LogP contribution in [0.3, 0.4) is 0 Å². The lowest BCUT2D eigenvalue weighted by atomic mass is 10.1. The van der Waals surface area contributed by atoms with Crippen LogP contribution in [0.15, 0.2) is 55.2 Å². The predicted molar refractivity (Wildman–Crippen MR) is 138 cm³/mol. The number of aromatic nitrogens is 4. The van der Waals surface area contributed by atoms with Crippen molar-refractivity contribution in [1.82, 2.24) is 24.4 Å². The second-order valence-corrected chi connectivity index (χ2v) is 10.2. The number of benzene rings is 1. The van der Waals surface area contributed by atoms with Gasteiger partial charge in [-0.3, -0.25) is 9.55 Å². The van der Waals surface area contributed by atoms with E-state index in [9.17, 15) is 22.8 Å². The average molecular weight is 555 g/mol. The third-order valence-electron chi connectivity index (χ3n) is 6.03. The molecule has 0 unspecified atom stereocenters. The molecule has 4 aromatic rings. The standard InChI is InChI=1S/C27H25F3N6O4/c1-26(2,3)40-25(38)35-8-7-20-21(14-35)32-15-33-23(20)39-19-4-5-22-16(10-19)6-9-36(22)24(37)34-18-11-17(12-31-13-18)27(28,29)30/h4-6,9-13,15H,7-8,14H2,1-3H3,(H,34,37). The van der Waals surface area contributed by atoms with Crippen LogP contribution in [0, 0.1) is 0 Å². The number of pyridine rings is 1. The van der Waals surface area contributed by atoms with E-state index in [0.717, 1.165) is 17.8 Å². The highest BCUT2D eigenvalue weighted by molar-refractivity contribution is 5.98. The number of alkyl halides is 3. The number of nitrogens with one attached hydrogen (secondary N) is 1. The minimum absolute atomic E-state index is 0.0830. The van der Waals surface area contributed by atoms with Crippen molar-refractivity contribution in [3.8, 4) is 11.6 Å². The molecule has 40 heavy (non-hydrogen) atoms. The van der Waals surface area contributed by atoms with Gasteiger partial charge < -0.3 is 19.7 Å².